The first-order valence-electron chi connectivity index (χ1n) is 9.36. The highest BCUT2D eigenvalue weighted by Crippen LogP contribution is 2.27. The number of para-hydroxylation sites is 1. The van der Waals surface area contributed by atoms with Crippen molar-refractivity contribution >= 4 is 11.6 Å². The number of piperazine rings is 1. The van der Waals surface area contributed by atoms with E-state index in [9.17, 15) is 4.79 Å². The van der Waals surface area contributed by atoms with E-state index in [1.165, 1.54) is 16.8 Å². The van der Waals surface area contributed by atoms with Gasteiger partial charge in [-0.3, -0.25) is 4.79 Å². The number of carbonyl (C=O) groups is 1. The van der Waals surface area contributed by atoms with Gasteiger partial charge in [0.05, 0.1) is 13.5 Å². The summed E-state index contributed by atoms with van der Waals surface area (Å²) in [5.41, 5.74) is 5.10. The van der Waals surface area contributed by atoms with Gasteiger partial charge in [-0.2, -0.15) is 0 Å². The van der Waals surface area contributed by atoms with Crippen molar-refractivity contribution in [2.75, 3.05) is 38.2 Å². The van der Waals surface area contributed by atoms with Gasteiger partial charge in [-0.05, 0) is 42.2 Å². The summed E-state index contributed by atoms with van der Waals surface area (Å²) in [5.74, 6) is 1.02. The zero-order valence-electron chi connectivity index (χ0n) is 16.0. The van der Waals surface area contributed by atoms with Gasteiger partial charge in [-0.25, -0.2) is 0 Å². The fourth-order valence-electron chi connectivity index (χ4n) is 3.67. The molecule has 1 aliphatic heterocycles. The number of anilines is 1. The molecule has 26 heavy (non-hydrogen) atoms. The van der Waals surface area contributed by atoms with Crippen molar-refractivity contribution in [2.24, 2.45) is 0 Å². The predicted octanol–water partition coefficient (Wildman–Crippen LogP) is 3.46. The number of aryl methyl sites for hydroxylation is 2. The summed E-state index contributed by atoms with van der Waals surface area (Å²) in [6, 6.07) is 14.3. The number of carbonyl (C=O) groups excluding carboxylic acids is 1. The first-order chi connectivity index (χ1) is 12.6. The Labute approximate surface area is 156 Å². The van der Waals surface area contributed by atoms with Crippen LogP contribution in [0.1, 0.15) is 23.6 Å². The number of amides is 1. The van der Waals surface area contributed by atoms with Gasteiger partial charge in [0.1, 0.15) is 5.75 Å². The van der Waals surface area contributed by atoms with E-state index in [-0.39, 0.29) is 5.91 Å². The molecule has 3 rings (SSSR count). The molecule has 0 saturated carbocycles. The molecule has 1 heterocycles. The number of rotatable bonds is 5. The van der Waals surface area contributed by atoms with E-state index in [0.29, 0.717) is 6.42 Å². The largest absolute Gasteiger partial charge is 0.497 e. The van der Waals surface area contributed by atoms with Crippen molar-refractivity contribution in [1.82, 2.24) is 4.90 Å². The normalized spacial score (nSPS) is 14.4. The summed E-state index contributed by atoms with van der Waals surface area (Å²) in [4.78, 5) is 17.1. The smallest absolute Gasteiger partial charge is 0.227 e. The third-order valence-electron chi connectivity index (χ3n) is 5.17. The summed E-state index contributed by atoms with van der Waals surface area (Å²) >= 11 is 0. The third-order valence-corrected chi connectivity index (χ3v) is 5.17. The lowest BCUT2D eigenvalue weighted by Gasteiger charge is -2.38. The molecule has 0 atom stereocenters. The lowest BCUT2D eigenvalue weighted by Crippen LogP contribution is -2.49. The van der Waals surface area contributed by atoms with Gasteiger partial charge in [0.2, 0.25) is 5.91 Å². The molecule has 0 spiro atoms. The van der Waals surface area contributed by atoms with Crippen LogP contribution in [0.25, 0.3) is 0 Å². The number of ether oxygens (including phenoxy) is 1. The fourth-order valence-corrected chi connectivity index (χ4v) is 3.67. The second kappa shape index (κ2) is 8.26. The van der Waals surface area contributed by atoms with Gasteiger partial charge >= 0.3 is 0 Å². The Balaban J connectivity index is 1.60. The average molecular weight is 352 g/mol. The topological polar surface area (TPSA) is 32.8 Å². The minimum Gasteiger partial charge on any atom is -0.497 e. The summed E-state index contributed by atoms with van der Waals surface area (Å²) in [7, 11) is 1.65. The predicted molar refractivity (Wildman–Crippen MR) is 106 cm³/mol. The second-order valence-electron chi connectivity index (χ2n) is 6.83. The Morgan fingerprint density at radius 1 is 1.04 bits per heavy atom. The minimum atomic E-state index is 0.204. The van der Waals surface area contributed by atoms with Crippen LogP contribution in [0.15, 0.2) is 42.5 Å². The second-order valence-corrected chi connectivity index (χ2v) is 6.83. The monoisotopic (exact) mass is 352 g/mol. The zero-order chi connectivity index (χ0) is 18.5. The molecular weight excluding hydrogens is 324 g/mol. The van der Waals surface area contributed by atoms with Crippen molar-refractivity contribution in [1.29, 1.82) is 0 Å². The van der Waals surface area contributed by atoms with Crippen molar-refractivity contribution in [3.8, 4) is 5.75 Å². The maximum Gasteiger partial charge on any atom is 0.227 e. The first-order valence-corrected chi connectivity index (χ1v) is 9.36. The van der Waals surface area contributed by atoms with Crippen LogP contribution >= 0.6 is 0 Å². The Hall–Kier alpha value is -2.49. The number of benzene rings is 2. The summed E-state index contributed by atoms with van der Waals surface area (Å²) in [6.07, 6.45) is 1.49. The fraction of sp³-hybridized carbons (Fsp3) is 0.409. The standard InChI is InChI=1S/C22H28N2O2/c1-4-19-7-5-6-17(2)22(19)24-14-12-23(13-15-24)21(25)16-18-8-10-20(26-3)11-9-18/h5-11H,4,12-16H2,1-3H3. The van der Waals surface area contributed by atoms with Crippen LogP contribution in [0.3, 0.4) is 0 Å². The number of hydrogen-bond acceptors (Lipinski definition) is 3. The lowest BCUT2D eigenvalue weighted by molar-refractivity contribution is -0.130. The molecule has 1 fully saturated rings. The van der Waals surface area contributed by atoms with Crippen LogP contribution < -0.4 is 9.64 Å². The minimum absolute atomic E-state index is 0.204. The summed E-state index contributed by atoms with van der Waals surface area (Å²) < 4.78 is 5.17. The highest BCUT2D eigenvalue weighted by Gasteiger charge is 2.23. The van der Waals surface area contributed by atoms with Gasteiger partial charge < -0.3 is 14.5 Å². The van der Waals surface area contributed by atoms with Crippen molar-refractivity contribution < 1.29 is 9.53 Å². The quantitative estimate of drug-likeness (QED) is 0.826. The van der Waals surface area contributed by atoms with Gasteiger partial charge in [-0.15, -0.1) is 0 Å². The number of hydrogen-bond donors (Lipinski definition) is 0. The Kier molecular flexibility index (Phi) is 5.82. The first kappa shape index (κ1) is 18.3. The van der Waals surface area contributed by atoms with Gasteiger partial charge in [0.15, 0.2) is 0 Å². The Bertz CT molecular complexity index is 747. The highest BCUT2D eigenvalue weighted by molar-refractivity contribution is 5.79. The van der Waals surface area contributed by atoms with Crippen LogP contribution in [0, 0.1) is 6.92 Å². The third kappa shape index (κ3) is 4.01. The molecule has 0 aliphatic carbocycles. The lowest BCUT2D eigenvalue weighted by atomic mass is 10.0. The van der Waals surface area contributed by atoms with Crippen molar-refractivity contribution in [3.05, 3.63) is 59.2 Å². The van der Waals surface area contributed by atoms with Crippen LogP contribution in [-0.2, 0) is 17.6 Å². The van der Waals surface area contributed by atoms with Crippen molar-refractivity contribution in [3.63, 3.8) is 0 Å². The van der Waals surface area contributed by atoms with Gasteiger partial charge in [0, 0.05) is 31.9 Å². The maximum absolute atomic E-state index is 12.6. The van der Waals surface area contributed by atoms with E-state index >= 15 is 0 Å². The molecule has 0 unspecified atom stereocenters. The van der Waals surface area contributed by atoms with Crippen molar-refractivity contribution in [2.45, 2.75) is 26.7 Å². The molecule has 1 aliphatic rings. The zero-order valence-corrected chi connectivity index (χ0v) is 16.0. The number of methoxy groups -OCH3 is 1. The average Bonchev–Trinajstić information content (AvgIpc) is 2.68. The molecule has 2 aromatic rings. The molecule has 0 N–H and O–H groups in total. The van der Waals surface area contributed by atoms with E-state index in [4.69, 9.17) is 4.74 Å². The van der Waals surface area contributed by atoms with E-state index in [1.54, 1.807) is 7.11 Å². The van der Waals surface area contributed by atoms with E-state index in [0.717, 1.165) is 43.9 Å². The summed E-state index contributed by atoms with van der Waals surface area (Å²) in [6.45, 7) is 7.74. The molecule has 4 heteroatoms. The highest BCUT2D eigenvalue weighted by atomic mass is 16.5. The molecule has 4 nitrogen and oxygen atoms in total. The molecular formula is C22H28N2O2. The van der Waals surface area contributed by atoms with Crippen LogP contribution in [-0.4, -0.2) is 44.1 Å². The van der Waals surface area contributed by atoms with Gasteiger partial charge in [0.25, 0.3) is 0 Å². The molecule has 1 saturated heterocycles. The Morgan fingerprint density at radius 2 is 1.73 bits per heavy atom. The maximum atomic E-state index is 12.6. The van der Waals surface area contributed by atoms with Crippen LogP contribution in [0.5, 0.6) is 5.75 Å². The molecule has 0 radical (unpaired) electrons. The molecule has 2 aromatic carbocycles. The molecule has 0 aromatic heterocycles. The molecule has 1 amide bonds. The van der Waals surface area contributed by atoms with Gasteiger partial charge in [-0.1, -0.05) is 37.3 Å². The SMILES string of the molecule is CCc1cccc(C)c1N1CCN(C(=O)Cc2ccc(OC)cc2)CC1. The van der Waals surface area contributed by atoms with E-state index < -0.39 is 0 Å². The molecule has 138 valence electrons. The van der Waals surface area contributed by atoms with Crippen LogP contribution in [0.4, 0.5) is 5.69 Å². The van der Waals surface area contributed by atoms with E-state index in [2.05, 4.69) is 36.9 Å². The molecule has 0 bridgehead atoms. The summed E-state index contributed by atoms with van der Waals surface area (Å²) in [5, 5.41) is 0. The van der Waals surface area contributed by atoms with E-state index in [1.807, 2.05) is 29.2 Å². The van der Waals surface area contributed by atoms with Crippen LogP contribution in [0.2, 0.25) is 0 Å². The number of nitrogens with zero attached hydrogens (tertiary/aromatic N) is 2. The Morgan fingerprint density at radius 3 is 2.35 bits per heavy atom.